The Morgan fingerprint density at radius 2 is 2.45 bits per heavy atom. The summed E-state index contributed by atoms with van der Waals surface area (Å²) in [5, 5.41) is 10.8. The second kappa shape index (κ2) is 3.02. The van der Waals surface area contributed by atoms with E-state index in [0.717, 1.165) is 5.56 Å². The molecule has 0 spiro atoms. The first-order valence-electron chi connectivity index (χ1n) is 3.14. The molecule has 0 saturated heterocycles. The molecule has 11 heavy (non-hydrogen) atoms. The zero-order valence-corrected chi connectivity index (χ0v) is 6.94. The fourth-order valence-corrected chi connectivity index (χ4v) is 1.71. The minimum absolute atomic E-state index is 0.304. The van der Waals surface area contributed by atoms with E-state index in [2.05, 4.69) is 0 Å². The number of carbonyl (C=O) groups is 1. The zero-order valence-electron chi connectivity index (χ0n) is 6.13. The van der Waals surface area contributed by atoms with Crippen LogP contribution in [-0.2, 0) is 0 Å². The molecule has 60 valence electrons. The molecule has 0 aliphatic rings. The van der Waals surface area contributed by atoms with Crippen LogP contribution in [-0.4, -0.2) is 17.5 Å². The maximum absolute atomic E-state index is 11.0. The number of aliphatic hydroxyl groups is 1. The summed E-state index contributed by atoms with van der Waals surface area (Å²) in [6, 6.07) is 0. The number of nitrogen functional groups attached to an aromatic ring is 1. The fourth-order valence-electron chi connectivity index (χ4n) is 0.900. The van der Waals surface area contributed by atoms with Crippen LogP contribution in [0.3, 0.4) is 0 Å². The van der Waals surface area contributed by atoms with Crippen LogP contribution in [0.5, 0.6) is 0 Å². The van der Waals surface area contributed by atoms with Gasteiger partial charge in [-0.25, -0.2) is 0 Å². The van der Waals surface area contributed by atoms with E-state index in [1.165, 1.54) is 11.3 Å². The Kier molecular flexibility index (Phi) is 2.26. The SMILES string of the molecule is Cc1csc(N)c1C(=O)CO. The Bertz CT molecular complexity index is 260. The first kappa shape index (κ1) is 8.23. The van der Waals surface area contributed by atoms with E-state index < -0.39 is 6.61 Å². The van der Waals surface area contributed by atoms with Gasteiger partial charge in [-0.2, -0.15) is 0 Å². The molecule has 3 N–H and O–H groups in total. The van der Waals surface area contributed by atoms with Gasteiger partial charge in [-0.3, -0.25) is 4.79 Å². The standard InChI is InChI=1S/C7H9NO2S/c1-4-3-11-7(8)6(4)5(10)2-9/h3,9H,2,8H2,1H3. The number of ketones is 1. The van der Waals surface area contributed by atoms with Crippen molar-refractivity contribution < 1.29 is 9.90 Å². The Labute approximate surface area is 68.5 Å². The molecule has 0 radical (unpaired) electrons. The highest BCUT2D eigenvalue weighted by molar-refractivity contribution is 7.14. The number of carbonyl (C=O) groups excluding carboxylic acids is 1. The van der Waals surface area contributed by atoms with Crippen molar-refractivity contribution >= 4 is 22.1 Å². The number of nitrogens with two attached hydrogens (primary N) is 1. The van der Waals surface area contributed by atoms with Crippen LogP contribution in [0.4, 0.5) is 5.00 Å². The van der Waals surface area contributed by atoms with Crippen molar-refractivity contribution in [2.24, 2.45) is 0 Å². The molecule has 0 aliphatic heterocycles. The Hall–Kier alpha value is -0.870. The lowest BCUT2D eigenvalue weighted by molar-refractivity contribution is 0.0904. The van der Waals surface area contributed by atoms with E-state index in [1.54, 1.807) is 12.3 Å². The molecule has 0 aliphatic carbocycles. The van der Waals surface area contributed by atoms with Crippen molar-refractivity contribution in [3.05, 3.63) is 16.5 Å². The number of hydrogen-bond donors (Lipinski definition) is 2. The van der Waals surface area contributed by atoms with Crippen LogP contribution >= 0.6 is 11.3 Å². The van der Waals surface area contributed by atoms with Gasteiger partial charge in [-0.1, -0.05) is 0 Å². The molecule has 0 bridgehead atoms. The highest BCUT2D eigenvalue weighted by Crippen LogP contribution is 2.24. The van der Waals surface area contributed by atoms with Crippen LogP contribution in [0.15, 0.2) is 5.38 Å². The molecule has 3 nitrogen and oxygen atoms in total. The van der Waals surface area contributed by atoms with Crippen molar-refractivity contribution in [2.45, 2.75) is 6.92 Å². The second-order valence-corrected chi connectivity index (χ2v) is 3.15. The van der Waals surface area contributed by atoms with Crippen molar-refractivity contribution in [2.75, 3.05) is 12.3 Å². The lowest BCUT2D eigenvalue weighted by Gasteiger charge is -1.96. The minimum atomic E-state index is -0.470. The average Bonchev–Trinajstić information content (AvgIpc) is 2.30. The molecule has 0 amide bonds. The third kappa shape index (κ3) is 1.41. The van der Waals surface area contributed by atoms with E-state index in [1.807, 2.05) is 0 Å². The fraction of sp³-hybridized carbons (Fsp3) is 0.286. The summed E-state index contributed by atoms with van der Waals surface area (Å²) < 4.78 is 0. The van der Waals surface area contributed by atoms with Gasteiger partial charge in [0, 0.05) is 0 Å². The summed E-state index contributed by atoms with van der Waals surface area (Å²) in [6.45, 7) is 1.33. The van der Waals surface area contributed by atoms with Crippen molar-refractivity contribution in [3.8, 4) is 0 Å². The monoisotopic (exact) mass is 171 g/mol. The smallest absolute Gasteiger partial charge is 0.191 e. The van der Waals surface area contributed by atoms with Gasteiger partial charge < -0.3 is 10.8 Å². The number of Topliss-reactive ketones (excluding diaryl/α,β-unsaturated/α-hetero) is 1. The van der Waals surface area contributed by atoms with Crippen LogP contribution < -0.4 is 5.73 Å². The number of hydrogen-bond acceptors (Lipinski definition) is 4. The van der Waals surface area contributed by atoms with Gasteiger partial charge in [0.1, 0.15) is 6.61 Å². The highest BCUT2D eigenvalue weighted by Gasteiger charge is 2.12. The first-order valence-corrected chi connectivity index (χ1v) is 4.02. The number of thiophene rings is 1. The summed E-state index contributed by atoms with van der Waals surface area (Å²) in [7, 11) is 0. The van der Waals surface area contributed by atoms with Crippen molar-refractivity contribution in [1.82, 2.24) is 0 Å². The molecule has 0 saturated carbocycles. The summed E-state index contributed by atoms with van der Waals surface area (Å²) in [5.74, 6) is -0.304. The lowest BCUT2D eigenvalue weighted by Crippen LogP contribution is -2.06. The third-order valence-electron chi connectivity index (χ3n) is 1.43. The molecule has 4 heteroatoms. The average molecular weight is 171 g/mol. The molecule has 1 aromatic heterocycles. The van der Waals surface area contributed by atoms with Gasteiger partial charge in [0.15, 0.2) is 5.78 Å². The normalized spacial score (nSPS) is 10.0. The Morgan fingerprint density at radius 1 is 1.82 bits per heavy atom. The van der Waals surface area contributed by atoms with E-state index in [-0.39, 0.29) is 5.78 Å². The molecular formula is C7H9NO2S. The molecule has 0 atom stereocenters. The third-order valence-corrected chi connectivity index (χ3v) is 2.36. The molecule has 1 rings (SSSR count). The van der Waals surface area contributed by atoms with Gasteiger partial charge in [-0.15, -0.1) is 11.3 Å². The van der Waals surface area contributed by atoms with Gasteiger partial charge >= 0.3 is 0 Å². The zero-order chi connectivity index (χ0) is 8.43. The molecule has 1 aromatic rings. The number of aliphatic hydroxyl groups excluding tert-OH is 1. The predicted molar refractivity (Wildman–Crippen MR) is 44.9 cm³/mol. The molecule has 0 unspecified atom stereocenters. The highest BCUT2D eigenvalue weighted by atomic mass is 32.1. The molecule has 1 heterocycles. The van der Waals surface area contributed by atoms with E-state index in [4.69, 9.17) is 10.8 Å². The van der Waals surface area contributed by atoms with E-state index in [0.29, 0.717) is 10.6 Å². The van der Waals surface area contributed by atoms with Crippen molar-refractivity contribution in [1.29, 1.82) is 0 Å². The van der Waals surface area contributed by atoms with Crippen LogP contribution in [0.25, 0.3) is 0 Å². The summed E-state index contributed by atoms with van der Waals surface area (Å²) >= 11 is 1.32. The lowest BCUT2D eigenvalue weighted by atomic mass is 10.1. The molecular weight excluding hydrogens is 162 g/mol. The van der Waals surface area contributed by atoms with Gasteiger partial charge in [0.05, 0.1) is 10.6 Å². The topological polar surface area (TPSA) is 63.3 Å². The summed E-state index contributed by atoms with van der Waals surface area (Å²) in [5.41, 5.74) is 6.81. The minimum Gasteiger partial charge on any atom is -0.390 e. The van der Waals surface area contributed by atoms with Crippen LogP contribution in [0.2, 0.25) is 0 Å². The summed E-state index contributed by atoms with van der Waals surface area (Å²) in [6.07, 6.45) is 0. The van der Waals surface area contributed by atoms with E-state index >= 15 is 0 Å². The van der Waals surface area contributed by atoms with Crippen LogP contribution in [0.1, 0.15) is 15.9 Å². The Balaban J connectivity index is 3.10. The first-order chi connectivity index (χ1) is 5.16. The maximum Gasteiger partial charge on any atom is 0.191 e. The van der Waals surface area contributed by atoms with Gasteiger partial charge in [0.25, 0.3) is 0 Å². The molecule has 0 aromatic carbocycles. The quantitative estimate of drug-likeness (QED) is 0.647. The van der Waals surface area contributed by atoms with E-state index in [9.17, 15) is 4.79 Å². The number of rotatable bonds is 2. The second-order valence-electron chi connectivity index (χ2n) is 2.24. The molecule has 0 fully saturated rings. The van der Waals surface area contributed by atoms with Gasteiger partial charge in [0.2, 0.25) is 0 Å². The van der Waals surface area contributed by atoms with Crippen LogP contribution in [0, 0.1) is 6.92 Å². The Morgan fingerprint density at radius 3 is 2.82 bits per heavy atom. The maximum atomic E-state index is 11.0. The van der Waals surface area contributed by atoms with Crippen molar-refractivity contribution in [3.63, 3.8) is 0 Å². The largest absolute Gasteiger partial charge is 0.390 e. The summed E-state index contributed by atoms with van der Waals surface area (Å²) in [4.78, 5) is 11.0. The predicted octanol–water partition coefficient (Wildman–Crippen LogP) is 0.814. The number of anilines is 1. The number of aryl methyl sites for hydroxylation is 1. The van der Waals surface area contributed by atoms with Gasteiger partial charge in [-0.05, 0) is 17.9 Å².